The van der Waals surface area contributed by atoms with Gasteiger partial charge in [0.25, 0.3) is 0 Å². The summed E-state index contributed by atoms with van der Waals surface area (Å²) in [6, 6.07) is 0. The van der Waals surface area contributed by atoms with Crippen LogP contribution in [0.5, 0.6) is 0 Å². The van der Waals surface area contributed by atoms with Crippen LogP contribution in [0.1, 0.15) is 106 Å². The fourth-order valence-corrected chi connectivity index (χ4v) is 9.77. The lowest BCUT2D eigenvalue weighted by Gasteiger charge is -2.61. The van der Waals surface area contributed by atoms with Gasteiger partial charge in [0.05, 0.1) is 18.3 Å². The van der Waals surface area contributed by atoms with Gasteiger partial charge in [-0.05, 0) is 110 Å². The summed E-state index contributed by atoms with van der Waals surface area (Å²) in [6.45, 7) is 18.5. The Morgan fingerprint density at radius 3 is 1.84 bits per heavy atom. The predicted molar refractivity (Wildman–Crippen MR) is 131 cm³/mol. The second kappa shape index (κ2) is 8.09. The van der Waals surface area contributed by atoms with Crippen LogP contribution in [0.3, 0.4) is 0 Å². The molecule has 0 bridgehead atoms. The number of aliphatic hydroxyl groups is 3. The largest absolute Gasteiger partial charge is 0.393 e. The van der Waals surface area contributed by atoms with Gasteiger partial charge >= 0.3 is 0 Å². The number of hydrogen-bond donors (Lipinski definition) is 3. The average molecular weight is 447 g/mol. The first-order valence-corrected chi connectivity index (χ1v) is 13.5. The van der Waals surface area contributed by atoms with Crippen LogP contribution in [-0.2, 0) is 0 Å². The molecule has 0 saturated heterocycles. The highest BCUT2D eigenvalue weighted by molar-refractivity contribution is 5.17. The van der Waals surface area contributed by atoms with Gasteiger partial charge in [0, 0.05) is 0 Å². The van der Waals surface area contributed by atoms with E-state index >= 15 is 0 Å². The molecule has 0 heterocycles. The van der Waals surface area contributed by atoms with Crippen molar-refractivity contribution in [2.75, 3.05) is 0 Å². The quantitative estimate of drug-likeness (QED) is 0.458. The standard InChI is InChI=1S/C29H50O3/c1-18-8-12-22-26(2,3)24(31)14-16-28(22,6)19(18)9-10-20-21(30)11-13-23-27(4,5)25(32)15-17-29(20,23)7/h19-25,30-32H,1,8-17H2,2-7H3/t19-,20-,21-,22-,23-,24-,25-,28+,29+/m0/s1. The van der Waals surface area contributed by atoms with Crippen LogP contribution in [0.25, 0.3) is 0 Å². The van der Waals surface area contributed by atoms with Gasteiger partial charge in [-0.1, -0.05) is 53.7 Å². The third-order valence-corrected chi connectivity index (χ3v) is 11.9. The average Bonchev–Trinajstić information content (AvgIpc) is 2.69. The molecular formula is C29H50O3. The number of hydrogen-bond acceptors (Lipinski definition) is 3. The first kappa shape index (κ1) is 24.7. The molecule has 0 aliphatic heterocycles. The highest BCUT2D eigenvalue weighted by atomic mass is 16.3. The lowest BCUT2D eigenvalue weighted by molar-refractivity contribution is -0.169. The monoisotopic (exact) mass is 446 g/mol. The Morgan fingerprint density at radius 1 is 0.719 bits per heavy atom. The molecule has 184 valence electrons. The van der Waals surface area contributed by atoms with E-state index in [0.717, 1.165) is 64.2 Å². The molecule has 3 heteroatoms. The summed E-state index contributed by atoms with van der Waals surface area (Å²) in [5.41, 5.74) is 1.57. The Balaban J connectivity index is 1.57. The van der Waals surface area contributed by atoms with Crippen molar-refractivity contribution >= 4 is 0 Å². The number of fused-ring (bicyclic) bond motifs is 2. The van der Waals surface area contributed by atoms with E-state index < -0.39 is 0 Å². The van der Waals surface area contributed by atoms with E-state index in [4.69, 9.17) is 0 Å². The Labute approximate surface area is 197 Å². The smallest absolute Gasteiger partial charge is 0.0594 e. The van der Waals surface area contributed by atoms with Crippen molar-refractivity contribution in [3.05, 3.63) is 12.2 Å². The normalized spacial score (nSPS) is 50.4. The summed E-state index contributed by atoms with van der Waals surface area (Å²) >= 11 is 0. The summed E-state index contributed by atoms with van der Waals surface area (Å²) in [5.74, 6) is 1.77. The molecule has 4 aliphatic carbocycles. The molecule has 0 aromatic rings. The van der Waals surface area contributed by atoms with Crippen molar-refractivity contribution in [2.45, 2.75) is 124 Å². The minimum Gasteiger partial charge on any atom is -0.393 e. The maximum Gasteiger partial charge on any atom is 0.0594 e. The first-order valence-electron chi connectivity index (χ1n) is 13.5. The molecule has 4 rings (SSSR count). The maximum absolute atomic E-state index is 11.2. The molecule has 32 heavy (non-hydrogen) atoms. The highest BCUT2D eigenvalue weighted by Gasteiger charge is 2.59. The Bertz CT molecular complexity index is 726. The fraction of sp³-hybridized carbons (Fsp3) is 0.931. The molecule has 3 nitrogen and oxygen atoms in total. The SMILES string of the molecule is C=C1CC[C@H]2C(C)(C)[C@@H](O)CC[C@]2(C)[C@H]1CC[C@H]1[C@@H](O)CC[C@H]2C(C)(C)[C@@H](O)CC[C@]12C. The minimum atomic E-state index is -0.231. The van der Waals surface area contributed by atoms with E-state index in [0.29, 0.717) is 23.7 Å². The van der Waals surface area contributed by atoms with Gasteiger partial charge in [0.1, 0.15) is 0 Å². The van der Waals surface area contributed by atoms with Gasteiger partial charge in [-0.2, -0.15) is 0 Å². The van der Waals surface area contributed by atoms with Crippen LogP contribution in [0.15, 0.2) is 12.2 Å². The predicted octanol–water partition coefficient (Wildman–Crippen LogP) is 6.11. The highest BCUT2D eigenvalue weighted by Crippen LogP contribution is 2.64. The van der Waals surface area contributed by atoms with Gasteiger partial charge in [-0.15, -0.1) is 0 Å². The molecule has 9 atom stereocenters. The van der Waals surface area contributed by atoms with Crippen LogP contribution in [0, 0.1) is 45.3 Å². The van der Waals surface area contributed by atoms with Gasteiger partial charge < -0.3 is 15.3 Å². The zero-order valence-corrected chi connectivity index (χ0v) is 21.7. The van der Waals surface area contributed by atoms with Crippen molar-refractivity contribution in [3.8, 4) is 0 Å². The molecule has 0 spiro atoms. The van der Waals surface area contributed by atoms with Gasteiger partial charge in [0.2, 0.25) is 0 Å². The number of rotatable bonds is 3. The maximum atomic E-state index is 11.2. The van der Waals surface area contributed by atoms with Crippen molar-refractivity contribution < 1.29 is 15.3 Å². The molecule has 0 radical (unpaired) electrons. The molecule has 0 unspecified atom stereocenters. The van der Waals surface area contributed by atoms with E-state index in [1.165, 1.54) is 5.57 Å². The first-order chi connectivity index (χ1) is 14.8. The summed E-state index contributed by atoms with van der Waals surface area (Å²) in [7, 11) is 0. The molecule has 0 aromatic carbocycles. The summed E-state index contributed by atoms with van der Waals surface area (Å²) in [4.78, 5) is 0. The van der Waals surface area contributed by atoms with Crippen LogP contribution in [-0.4, -0.2) is 33.6 Å². The summed E-state index contributed by atoms with van der Waals surface area (Å²) in [6.07, 6.45) is 9.45. The van der Waals surface area contributed by atoms with E-state index in [2.05, 4.69) is 48.1 Å². The third-order valence-electron chi connectivity index (χ3n) is 11.9. The zero-order valence-electron chi connectivity index (χ0n) is 21.7. The van der Waals surface area contributed by atoms with E-state index in [-0.39, 0.29) is 40.0 Å². The van der Waals surface area contributed by atoms with E-state index in [9.17, 15) is 15.3 Å². The van der Waals surface area contributed by atoms with Crippen molar-refractivity contribution in [1.82, 2.24) is 0 Å². The van der Waals surface area contributed by atoms with Crippen LogP contribution in [0.4, 0.5) is 0 Å². The van der Waals surface area contributed by atoms with Crippen molar-refractivity contribution in [3.63, 3.8) is 0 Å². The lowest BCUT2D eigenvalue weighted by atomic mass is 9.44. The third kappa shape index (κ3) is 3.55. The Hall–Kier alpha value is -0.380. The number of allylic oxidation sites excluding steroid dienone is 1. The molecule has 4 saturated carbocycles. The molecule has 3 N–H and O–H groups in total. The zero-order chi connectivity index (χ0) is 23.7. The second-order valence-corrected chi connectivity index (χ2v) is 13.9. The van der Waals surface area contributed by atoms with Crippen LogP contribution >= 0.6 is 0 Å². The van der Waals surface area contributed by atoms with Crippen molar-refractivity contribution in [2.24, 2.45) is 45.3 Å². The topological polar surface area (TPSA) is 60.7 Å². The molecule has 4 aliphatic rings. The Morgan fingerprint density at radius 2 is 1.25 bits per heavy atom. The minimum absolute atomic E-state index is 0.0447. The van der Waals surface area contributed by atoms with Gasteiger partial charge in [0.15, 0.2) is 0 Å². The molecular weight excluding hydrogens is 396 g/mol. The lowest BCUT2D eigenvalue weighted by Crippen LogP contribution is -2.57. The molecule has 0 amide bonds. The van der Waals surface area contributed by atoms with Crippen LogP contribution < -0.4 is 0 Å². The fourth-order valence-electron chi connectivity index (χ4n) is 9.77. The number of aliphatic hydroxyl groups excluding tert-OH is 3. The Kier molecular flexibility index (Phi) is 6.25. The van der Waals surface area contributed by atoms with Crippen molar-refractivity contribution in [1.29, 1.82) is 0 Å². The molecule has 4 fully saturated rings. The summed E-state index contributed by atoms with van der Waals surface area (Å²) in [5, 5.41) is 32.7. The summed E-state index contributed by atoms with van der Waals surface area (Å²) < 4.78 is 0. The van der Waals surface area contributed by atoms with Gasteiger partial charge in [-0.25, -0.2) is 0 Å². The van der Waals surface area contributed by atoms with Crippen LogP contribution in [0.2, 0.25) is 0 Å². The second-order valence-electron chi connectivity index (χ2n) is 13.9. The van der Waals surface area contributed by atoms with E-state index in [1.54, 1.807) is 0 Å². The van der Waals surface area contributed by atoms with E-state index in [1.807, 2.05) is 0 Å². The molecule has 0 aromatic heterocycles. The van der Waals surface area contributed by atoms with Gasteiger partial charge in [-0.3, -0.25) is 0 Å².